The molecule has 2 aromatic rings. The Kier molecular flexibility index (Phi) is 3.10. The summed E-state index contributed by atoms with van der Waals surface area (Å²) in [5.41, 5.74) is 2.66. The van der Waals surface area contributed by atoms with Crippen LogP contribution >= 0.6 is 0 Å². The number of nitro benzene ring substituents is 1. The fourth-order valence-electron chi connectivity index (χ4n) is 2.57. The quantitative estimate of drug-likeness (QED) is 0.622. The van der Waals surface area contributed by atoms with Crippen LogP contribution in [0.1, 0.15) is 11.1 Å². The molecule has 0 saturated carbocycles. The topological polar surface area (TPSA) is 46.4 Å². The summed E-state index contributed by atoms with van der Waals surface area (Å²) in [5.74, 6) is -0.543. The second-order valence-corrected chi connectivity index (χ2v) is 4.83. The maximum atomic E-state index is 14.0. The van der Waals surface area contributed by atoms with E-state index in [9.17, 15) is 14.5 Å². The van der Waals surface area contributed by atoms with Crippen LogP contribution in [0.2, 0.25) is 0 Å². The van der Waals surface area contributed by atoms with Crippen molar-refractivity contribution < 1.29 is 9.31 Å². The van der Waals surface area contributed by atoms with Crippen LogP contribution in [0.4, 0.5) is 15.8 Å². The zero-order chi connectivity index (χ0) is 14.1. The molecule has 0 atom stereocenters. The van der Waals surface area contributed by atoms with E-state index >= 15 is 0 Å². The molecule has 0 N–H and O–H groups in total. The summed E-state index contributed by atoms with van der Waals surface area (Å²) < 4.78 is 14.0. The molecule has 102 valence electrons. The minimum absolute atomic E-state index is 0.219. The van der Waals surface area contributed by atoms with Crippen LogP contribution in [0, 0.1) is 15.9 Å². The first-order valence-electron chi connectivity index (χ1n) is 6.41. The molecule has 20 heavy (non-hydrogen) atoms. The number of hydrogen-bond donors (Lipinski definition) is 0. The first-order valence-corrected chi connectivity index (χ1v) is 6.41. The normalized spacial score (nSPS) is 13.9. The molecule has 0 fully saturated rings. The molecule has 2 aromatic carbocycles. The lowest BCUT2D eigenvalue weighted by molar-refractivity contribution is -0.385. The molecule has 0 saturated heterocycles. The minimum Gasteiger partial charge on any atom is -0.364 e. The van der Waals surface area contributed by atoms with Crippen molar-refractivity contribution in [1.82, 2.24) is 0 Å². The Morgan fingerprint density at radius 1 is 1.15 bits per heavy atom. The van der Waals surface area contributed by atoms with Gasteiger partial charge in [-0.15, -0.1) is 0 Å². The largest absolute Gasteiger partial charge is 0.364 e. The van der Waals surface area contributed by atoms with Gasteiger partial charge in [0.2, 0.25) is 0 Å². The third-order valence-electron chi connectivity index (χ3n) is 3.61. The Morgan fingerprint density at radius 3 is 2.60 bits per heavy atom. The van der Waals surface area contributed by atoms with Gasteiger partial charge in [0.1, 0.15) is 0 Å². The maximum Gasteiger partial charge on any atom is 0.272 e. The van der Waals surface area contributed by atoms with Gasteiger partial charge in [0, 0.05) is 19.2 Å². The van der Waals surface area contributed by atoms with Crippen LogP contribution in [-0.4, -0.2) is 11.5 Å². The summed E-state index contributed by atoms with van der Waals surface area (Å²) >= 11 is 0. The molecule has 1 heterocycles. The average molecular weight is 272 g/mol. The molecule has 5 heteroatoms. The number of anilines is 1. The summed E-state index contributed by atoms with van der Waals surface area (Å²) in [5, 5.41) is 10.6. The average Bonchev–Trinajstić information content (AvgIpc) is 2.46. The van der Waals surface area contributed by atoms with Crippen LogP contribution in [0.15, 0.2) is 42.5 Å². The molecule has 0 bridgehead atoms. The number of hydrogen-bond acceptors (Lipinski definition) is 3. The summed E-state index contributed by atoms with van der Waals surface area (Å²) in [6.07, 6.45) is 0.854. The summed E-state index contributed by atoms with van der Waals surface area (Å²) in [6.45, 7) is 1.34. The number of nitro groups is 1. The van der Waals surface area contributed by atoms with Gasteiger partial charge in [0.25, 0.3) is 5.69 Å². The standard InChI is InChI=1S/C15H13FN2O2/c16-14-9-13(18(19)20)5-6-15(14)17-8-7-11-3-1-2-4-12(11)10-17/h1-6,9H,7-8,10H2. The Hall–Kier alpha value is -2.43. The van der Waals surface area contributed by atoms with Crippen LogP contribution in [0.5, 0.6) is 0 Å². The van der Waals surface area contributed by atoms with Gasteiger partial charge < -0.3 is 4.90 Å². The molecule has 1 aliphatic heterocycles. The predicted octanol–water partition coefficient (Wildman–Crippen LogP) is 3.30. The van der Waals surface area contributed by atoms with Crippen molar-refractivity contribution in [3.63, 3.8) is 0 Å². The molecule has 0 aromatic heterocycles. The number of halogens is 1. The molecule has 0 radical (unpaired) electrons. The Morgan fingerprint density at radius 2 is 1.90 bits per heavy atom. The summed E-state index contributed by atoms with van der Waals surface area (Å²) in [4.78, 5) is 12.0. The lowest BCUT2D eigenvalue weighted by Crippen LogP contribution is -2.30. The molecule has 0 amide bonds. The van der Waals surface area contributed by atoms with Gasteiger partial charge in [-0.1, -0.05) is 24.3 Å². The molecule has 1 aliphatic rings. The van der Waals surface area contributed by atoms with Crippen molar-refractivity contribution >= 4 is 11.4 Å². The van der Waals surface area contributed by atoms with E-state index in [0.29, 0.717) is 18.8 Å². The number of benzene rings is 2. The molecule has 0 spiro atoms. The Balaban J connectivity index is 1.90. The molecular weight excluding hydrogens is 259 g/mol. The smallest absolute Gasteiger partial charge is 0.272 e. The molecule has 0 aliphatic carbocycles. The lowest BCUT2D eigenvalue weighted by atomic mass is 9.99. The minimum atomic E-state index is -0.585. The van der Waals surface area contributed by atoms with Crippen molar-refractivity contribution in [3.8, 4) is 0 Å². The van der Waals surface area contributed by atoms with E-state index in [2.05, 4.69) is 6.07 Å². The van der Waals surface area contributed by atoms with E-state index in [1.807, 2.05) is 23.1 Å². The monoisotopic (exact) mass is 272 g/mol. The van der Waals surface area contributed by atoms with Gasteiger partial charge in [-0.05, 0) is 23.6 Å². The highest BCUT2D eigenvalue weighted by Crippen LogP contribution is 2.28. The van der Waals surface area contributed by atoms with Crippen molar-refractivity contribution in [2.75, 3.05) is 11.4 Å². The van der Waals surface area contributed by atoms with Crippen molar-refractivity contribution in [3.05, 3.63) is 69.5 Å². The van der Waals surface area contributed by atoms with Crippen LogP contribution in [-0.2, 0) is 13.0 Å². The maximum absolute atomic E-state index is 14.0. The highest BCUT2D eigenvalue weighted by Gasteiger charge is 2.20. The Labute approximate surface area is 115 Å². The van der Waals surface area contributed by atoms with E-state index in [0.717, 1.165) is 12.5 Å². The zero-order valence-electron chi connectivity index (χ0n) is 10.8. The second kappa shape index (κ2) is 4.92. The summed E-state index contributed by atoms with van der Waals surface area (Å²) in [7, 11) is 0. The van der Waals surface area contributed by atoms with Crippen LogP contribution < -0.4 is 4.90 Å². The Bertz CT molecular complexity index is 673. The van der Waals surface area contributed by atoms with Gasteiger partial charge >= 0.3 is 0 Å². The van der Waals surface area contributed by atoms with Gasteiger partial charge in [0.05, 0.1) is 16.7 Å². The van der Waals surface area contributed by atoms with Crippen LogP contribution in [0.25, 0.3) is 0 Å². The second-order valence-electron chi connectivity index (χ2n) is 4.83. The lowest BCUT2D eigenvalue weighted by Gasteiger charge is -2.30. The third-order valence-corrected chi connectivity index (χ3v) is 3.61. The van der Waals surface area contributed by atoms with Crippen molar-refractivity contribution in [2.24, 2.45) is 0 Å². The van der Waals surface area contributed by atoms with E-state index in [1.54, 1.807) is 0 Å². The summed E-state index contributed by atoms with van der Waals surface area (Å²) in [6, 6.07) is 11.9. The van der Waals surface area contributed by atoms with Gasteiger partial charge in [-0.25, -0.2) is 4.39 Å². The fraction of sp³-hybridized carbons (Fsp3) is 0.200. The number of rotatable bonds is 2. The molecule has 4 nitrogen and oxygen atoms in total. The first kappa shape index (κ1) is 12.6. The zero-order valence-corrected chi connectivity index (χ0v) is 10.8. The van der Waals surface area contributed by atoms with Gasteiger partial charge in [0.15, 0.2) is 5.82 Å². The van der Waals surface area contributed by atoms with Crippen molar-refractivity contribution in [1.29, 1.82) is 0 Å². The molecule has 3 rings (SSSR count). The highest BCUT2D eigenvalue weighted by atomic mass is 19.1. The molecular formula is C15H13FN2O2. The number of nitrogens with zero attached hydrogens (tertiary/aromatic N) is 2. The van der Waals surface area contributed by atoms with Gasteiger partial charge in [-0.2, -0.15) is 0 Å². The first-order chi connectivity index (χ1) is 9.65. The molecule has 0 unspecified atom stereocenters. The number of fused-ring (bicyclic) bond motifs is 1. The highest BCUT2D eigenvalue weighted by molar-refractivity contribution is 5.54. The predicted molar refractivity (Wildman–Crippen MR) is 74.3 cm³/mol. The SMILES string of the molecule is O=[N+]([O-])c1ccc(N2CCc3ccccc3C2)c(F)c1. The van der Waals surface area contributed by atoms with Crippen LogP contribution in [0.3, 0.4) is 0 Å². The van der Waals surface area contributed by atoms with E-state index in [1.165, 1.54) is 23.3 Å². The van der Waals surface area contributed by atoms with E-state index in [4.69, 9.17) is 0 Å². The third kappa shape index (κ3) is 2.22. The fourth-order valence-corrected chi connectivity index (χ4v) is 2.57. The van der Waals surface area contributed by atoms with Crippen molar-refractivity contribution in [2.45, 2.75) is 13.0 Å². The van der Waals surface area contributed by atoms with E-state index < -0.39 is 10.7 Å². The van der Waals surface area contributed by atoms with E-state index in [-0.39, 0.29) is 5.69 Å². The van der Waals surface area contributed by atoms with Gasteiger partial charge in [-0.3, -0.25) is 10.1 Å². The number of non-ortho nitro benzene ring substituents is 1.